The van der Waals surface area contributed by atoms with Crippen LogP contribution in [0.3, 0.4) is 0 Å². The number of ether oxygens (including phenoxy) is 3. The molecule has 0 bridgehead atoms. The molecule has 23 heavy (non-hydrogen) atoms. The van der Waals surface area contributed by atoms with E-state index in [0.29, 0.717) is 0 Å². The Bertz CT molecular complexity index is 380. The highest BCUT2D eigenvalue weighted by Crippen LogP contribution is 2.28. The van der Waals surface area contributed by atoms with E-state index in [2.05, 4.69) is 0 Å². The van der Waals surface area contributed by atoms with Crippen LogP contribution in [0.15, 0.2) is 0 Å². The first-order chi connectivity index (χ1) is 10.8. The Balaban J connectivity index is 2.11. The van der Waals surface area contributed by atoms with Gasteiger partial charge >= 0.3 is 0 Å². The van der Waals surface area contributed by atoms with E-state index in [1.807, 2.05) is 0 Å². The van der Waals surface area contributed by atoms with Crippen molar-refractivity contribution in [1.82, 2.24) is 0 Å². The first-order valence-electron chi connectivity index (χ1n) is 7.08. The van der Waals surface area contributed by atoms with Gasteiger partial charge in [0.15, 0.2) is 12.6 Å². The van der Waals surface area contributed by atoms with Crippen molar-refractivity contribution in [3.8, 4) is 0 Å². The highest BCUT2D eigenvalue weighted by atomic mass is 16.7. The molecule has 2 saturated heterocycles. The molecule has 0 spiro atoms. The van der Waals surface area contributed by atoms with E-state index in [4.69, 9.17) is 24.4 Å². The van der Waals surface area contributed by atoms with E-state index >= 15 is 0 Å². The molecular weight excluding hydrogens is 320 g/mol. The van der Waals surface area contributed by atoms with Crippen LogP contribution in [0, 0.1) is 0 Å². The van der Waals surface area contributed by atoms with Crippen molar-refractivity contribution >= 4 is 0 Å². The van der Waals surface area contributed by atoms with E-state index in [9.17, 15) is 30.6 Å². The van der Waals surface area contributed by atoms with Crippen molar-refractivity contribution in [3.63, 3.8) is 0 Å². The minimum atomic E-state index is -1.76. The molecule has 0 aliphatic carbocycles. The van der Waals surface area contributed by atoms with Crippen molar-refractivity contribution in [2.75, 3.05) is 13.2 Å². The summed E-state index contributed by atoms with van der Waals surface area (Å²) in [5, 5.41) is 76.8. The summed E-state index contributed by atoms with van der Waals surface area (Å²) >= 11 is 0. The Morgan fingerprint density at radius 1 is 0.652 bits per heavy atom. The second-order valence-electron chi connectivity index (χ2n) is 5.53. The molecule has 2 heterocycles. The largest absolute Gasteiger partial charge is 0.394 e. The molecule has 11 nitrogen and oxygen atoms in total. The Kier molecular flexibility index (Phi) is 6.27. The molecule has 8 N–H and O–H groups in total. The SMILES string of the molecule is OC[C@@H]1O[C@H](O[C@H]2[C@@H](O)[C@@H](CO)O[C@@H](O)[C@H]2O)[C@@H](O)[C@H](O)[C@H]1O. The topological polar surface area (TPSA) is 190 Å². The molecule has 2 aliphatic heterocycles. The summed E-state index contributed by atoms with van der Waals surface area (Å²) in [5.41, 5.74) is 0. The number of aliphatic hydroxyl groups excluding tert-OH is 8. The van der Waals surface area contributed by atoms with E-state index in [0.717, 1.165) is 0 Å². The van der Waals surface area contributed by atoms with Crippen LogP contribution in [0.5, 0.6) is 0 Å². The van der Waals surface area contributed by atoms with Crippen molar-refractivity contribution < 1.29 is 55.1 Å². The van der Waals surface area contributed by atoms with Crippen LogP contribution in [0.1, 0.15) is 0 Å². The van der Waals surface area contributed by atoms with E-state index in [1.165, 1.54) is 0 Å². The molecule has 2 aliphatic rings. The number of hydrogen-bond donors (Lipinski definition) is 8. The predicted molar refractivity (Wildman–Crippen MR) is 68.6 cm³/mol. The maximum Gasteiger partial charge on any atom is 0.187 e. The van der Waals surface area contributed by atoms with Crippen LogP contribution in [0.4, 0.5) is 0 Å². The maximum absolute atomic E-state index is 10.00. The van der Waals surface area contributed by atoms with Crippen molar-refractivity contribution in [2.24, 2.45) is 0 Å². The summed E-state index contributed by atoms with van der Waals surface area (Å²) in [4.78, 5) is 0. The first kappa shape index (κ1) is 18.9. The molecule has 0 amide bonds. The van der Waals surface area contributed by atoms with Crippen LogP contribution in [-0.4, -0.2) is 115 Å². The van der Waals surface area contributed by atoms with Gasteiger partial charge in [0.1, 0.15) is 48.8 Å². The number of hydrogen-bond acceptors (Lipinski definition) is 11. The van der Waals surface area contributed by atoms with Gasteiger partial charge in [-0.3, -0.25) is 0 Å². The minimum Gasteiger partial charge on any atom is -0.394 e. The summed E-state index contributed by atoms with van der Waals surface area (Å²) in [6.07, 6.45) is -15.7. The molecule has 0 aromatic rings. The van der Waals surface area contributed by atoms with Crippen molar-refractivity contribution in [1.29, 1.82) is 0 Å². The predicted octanol–water partition coefficient (Wildman–Crippen LogP) is -5.40. The fourth-order valence-corrected chi connectivity index (χ4v) is 2.56. The molecule has 0 aromatic heterocycles. The van der Waals surface area contributed by atoms with Gasteiger partial charge in [0.25, 0.3) is 0 Å². The Morgan fingerprint density at radius 3 is 1.78 bits per heavy atom. The van der Waals surface area contributed by atoms with Gasteiger partial charge in [-0.1, -0.05) is 0 Å². The van der Waals surface area contributed by atoms with Gasteiger partial charge in [0.2, 0.25) is 0 Å². The number of rotatable bonds is 4. The third kappa shape index (κ3) is 3.65. The molecule has 0 saturated carbocycles. The Morgan fingerprint density at radius 2 is 1.22 bits per heavy atom. The average molecular weight is 342 g/mol. The second-order valence-corrected chi connectivity index (χ2v) is 5.53. The molecule has 2 rings (SSSR count). The third-order valence-electron chi connectivity index (χ3n) is 3.98. The lowest BCUT2D eigenvalue weighted by molar-refractivity contribution is -0.355. The highest BCUT2D eigenvalue weighted by Gasteiger charge is 2.50. The lowest BCUT2D eigenvalue weighted by atomic mass is 9.97. The summed E-state index contributed by atoms with van der Waals surface area (Å²) in [5.74, 6) is 0. The maximum atomic E-state index is 10.00. The number of aliphatic hydroxyl groups is 8. The molecular formula is C12H22O11. The van der Waals surface area contributed by atoms with Gasteiger partial charge in [-0.15, -0.1) is 0 Å². The normalized spacial score (nSPS) is 51.7. The van der Waals surface area contributed by atoms with Gasteiger partial charge in [-0.25, -0.2) is 0 Å². The van der Waals surface area contributed by atoms with Gasteiger partial charge in [-0.05, 0) is 0 Å². The zero-order valence-corrected chi connectivity index (χ0v) is 12.0. The zero-order chi connectivity index (χ0) is 17.3. The fraction of sp³-hybridized carbons (Fsp3) is 1.00. The van der Waals surface area contributed by atoms with Crippen LogP contribution in [0.2, 0.25) is 0 Å². The lowest BCUT2D eigenvalue weighted by Crippen LogP contribution is -2.64. The molecule has 0 radical (unpaired) electrons. The lowest BCUT2D eigenvalue weighted by Gasteiger charge is -2.45. The smallest absolute Gasteiger partial charge is 0.187 e. The molecule has 11 heteroatoms. The van der Waals surface area contributed by atoms with Crippen molar-refractivity contribution in [3.05, 3.63) is 0 Å². The van der Waals surface area contributed by atoms with Gasteiger partial charge < -0.3 is 55.1 Å². The summed E-state index contributed by atoms with van der Waals surface area (Å²) in [6, 6.07) is 0. The molecule has 2 fully saturated rings. The van der Waals surface area contributed by atoms with E-state index < -0.39 is 74.6 Å². The summed E-state index contributed by atoms with van der Waals surface area (Å²) in [6.45, 7) is -1.34. The van der Waals surface area contributed by atoms with Gasteiger partial charge in [-0.2, -0.15) is 0 Å². The second kappa shape index (κ2) is 7.63. The Hall–Kier alpha value is -0.440. The highest BCUT2D eigenvalue weighted by molar-refractivity contribution is 4.93. The molecule has 136 valence electrons. The van der Waals surface area contributed by atoms with Gasteiger partial charge in [0, 0.05) is 0 Å². The van der Waals surface area contributed by atoms with E-state index in [1.54, 1.807) is 0 Å². The zero-order valence-electron chi connectivity index (χ0n) is 12.0. The van der Waals surface area contributed by atoms with Crippen LogP contribution in [-0.2, 0) is 14.2 Å². The van der Waals surface area contributed by atoms with E-state index in [-0.39, 0.29) is 0 Å². The molecule has 0 aromatic carbocycles. The van der Waals surface area contributed by atoms with Crippen LogP contribution < -0.4 is 0 Å². The molecule has 10 atom stereocenters. The van der Waals surface area contributed by atoms with Crippen molar-refractivity contribution in [2.45, 2.75) is 61.4 Å². The standard InChI is InChI=1S/C12H22O11/c13-1-3-5(15)7(17)8(18)12(22-3)23-10-6(16)4(2-14)21-11(20)9(10)19/h3-20H,1-2H2/t3-,4+,5-,6-,7+,8-,9-,10-,11+,12+/m0/s1. The molecule has 0 unspecified atom stereocenters. The van der Waals surface area contributed by atoms with Crippen LogP contribution in [0.25, 0.3) is 0 Å². The van der Waals surface area contributed by atoms with Gasteiger partial charge in [0.05, 0.1) is 13.2 Å². The Labute approximate surface area is 130 Å². The monoisotopic (exact) mass is 342 g/mol. The van der Waals surface area contributed by atoms with Crippen LogP contribution >= 0.6 is 0 Å². The fourth-order valence-electron chi connectivity index (χ4n) is 2.56. The summed E-state index contributed by atoms with van der Waals surface area (Å²) < 4.78 is 15.1. The quantitative estimate of drug-likeness (QED) is 0.243. The third-order valence-corrected chi connectivity index (χ3v) is 3.98. The first-order valence-corrected chi connectivity index (χ1v) is 7.08. The summed E-state index contributed by atoms with van der Waals surface area (Å²) in [7, 11) is 0. The average Bonchev–Trinajstić information content (AvgIpc) is 2.54. The minimum absolute atomic E-state index is 0.667.